The van der Waals surface area contributed by atoms with Gasteiger partial charge in [0.15, 0.2) is 4.83 Å². The van der Waals surface area contributed by atoms with Crippen molar-refractivity contribution in [2.24, 2.45) is 0 Å². The van der Waals surface area contributed by atoms with E-state index in [-0.39, 0.29) is 5.41 Å². The third-order valence-corrected chi connectivity index (χ3v) is 2.52. The largest absolute Gasteiger partial charge is 0.238 e. The van der Waals surface area contributed by atoms with Crippen LogP contribution >= 0.6 is 11.5 Å². The second kappa shape index (κ2) is 2.73. The minimum absolute atomic E-state index is 0.0954. The van der Waals surface area contributed by atoms with E-state index in [2.05, 4.69) is 35.3 Å². The molecule has 0 aliphatic carbocycles. The Morgan fingerprint density at radius 3 is 2.69 bits per heavy atom. The first kappa shape index (κ1) is 8.56. The van der Waals surface area contributed by atoms with Gasteiger partial charge in [0.1, 0.15) is 5.52 Å². The van der Waals surface area contributed by atoms with Crippen LogP contribution in [0.2, 0.25) is 0 Å². The third-order valence-electron chi connectivity index (χ3n) is 1.88. The molecule has 68 valence electrons. The molecule has 2 rings (SSSR count). The Bertz CT molecular complexity index is 428. The van der Waals surface area contributed by atoms with Crippen LogP contribution < -0.4 is 0 Å². The molecule has 0 aromatic carbocycles. The summed E-state index contributed by atoms with van der Waals surface area (Å²) in [5, 5.41) is 3.95. The number of nitrogens with zero attached hydrogens (tertiary/aromatic N) is 3. The molecule has 13 heavy (non-hydrogen) atoms. The molecule has 0 radical (unpaired) electrons. The molecule has 0 bridgehead atoms. The summed E-state index contributed by atoms with van der Waals surface area (Å²) in [6, 6.07) is 4.00. The molecule has 0 saturated heterocycles. The average Bonchev–Trinajstić information content (AvgIpc) is 2.47. The molecule has 4 heteroatoms. The fourth-order valence-electron chi connectivity index (χ4n) is 1.10. The van der Waals surface area contributed by atoms with Gasteiger partial charge in [0.2, 0.25) is 0 Å². The Morgan fingerprint density at radius 1 is 1.23 bits per heavy atom. The van der Waals surface area contributed by atoms with Crippen molar-refractivity contribution in [3.8, 4) is 0 Å². The second-order valence-corrected chi connectivity index (χ2v) is 4.78. The van der Waals surface area contributed by atoms with Crippen molar-refractivity contribution in [1.29, 1.82) is 0 Å². The van der Waals surface area contributed by atoms with Gasteiger partial charge in [-0.1, -0.05) is 25.3 Å². The number of hydrogen-bond acceptors (Lipinski definition) is 4. The summed E-state index contributed by atoms with van der Waals surface area (Å²) in [5.74, 6) is 0. The summed E-state index contributed by atoms with van der Waals surface area (Å²) < 4.78 is 3.85. The minimum atomic E-state index is 0.0954. The molecule has 0 N–H and O–H groups in total. The van der Waals surface area contributed by atoms with Crippen LogP contribution in [0.3, 0.4) is 0 Å². The number of fused-ring (bicyclic) bond motifs is 1. The fourth-order valence-corrected chi connectivity index (χ4v) is 1.64. The zero-order valence-electron chi connectivity index (χ0n) is 7.90. The van der Waals surface area contributed by atoms with Crippen molar-refractivity contribution in [2.45, 2.75) is 26.2 Å². The molecule has 0 fully saturated rings. The smallest absolute Gasteiger partial charge is 0.164 e. The van der Waals surface area contributed by atoms with Crippen LogP contribution in [0.5, 0.6) is 0 Å². The Labute approximate surface area is 81.0 Å². The SMILES string of the molecule is CC(C)(C)c1ccc2nnsc2n1. The van der Waals surface area contributed by atoms with Gasteiger partial charge >= 0.3 is 0 Å². The standard InChI is InChI=1S/C9H11N3S/c1-9(2,3)7-5-4-6-8(10-7)13-12-11-6/h4-5H,1-3H3. The Hall–Kier alpha value is -1.03. The van der Waals surface area contributed by atoms with E-state index in [1.807, 2.05) is 12.1 Å². The van der Waals surface area contributed by atoms with Crippen molar-refractivity contribution >= 4 is 21.9 Å². The molecule has 3 nitrogen and oxygen atoms in total. The van der Waals surface area contributed by atoms with Crippen LogP contribution in [-0.2, 0) is 5.41 Å². The van der Waals surface area contributed by atoms with E-state index in [0.717, 1.165) is 16.0 Å². The number of hydrogen-bond donors (Lipinski definition) is 0. The van der Waals surface area contributed by atoms with Gasteiger partial charge in [-0.15, -0.1) is 5.10 Å². The second-order valence-electron chi connectivity index (χ2n) is 4.04. The molecule has 0 aliphatic heterocycles. The molecule has 0 unspecified atom stereocenters. The summed E-state index contributed by atoms with van der Waals surface area (Å²) in [5.41, 5.74) is 2.07. The maximum Gasteiger partial charge on any atom is 0.164 e. The Balaban J connectivity index is 2.61. The van der Waals surface area contributed by atoms with Crippen molar-refractivity contribution in [2.75, 3.05) is 0 Å². The number of pyridine rings is 1. The van der Waals surface area contributed by atoms with E-state index < -0.39 is 0 Å². The van der Waals surface area contributed by atoms with Crippen LogP contribution in [0.1, 0.15) is 26.5 Å². The third kappa shape index (κ3) is 1.54. The van der Waals surface area contributed by atoms with Gasteiger partial charge in [0, 0.05) is 22.6 Å². The molecule has 0 aliphatic rings. The van der Waals surface area contributed by atoms with Crippen molar-refractivity contribution in [1.82, 2.24) is 14.6 Å². The molecule has 2 heterocycles. The number of aromatic nitrogens is 3. The van der Waals surface area contributed by atoms with Crippen molar-refractivity contribution < 1.29 is 0 Å². The van der Waals surface area contributed by atoms with Crippen LogP contribution in [0.4, 0.5) is 0 Å². The maximum absolute atomic E-state index is 4.50. The highest BCUT2D eigenvalue weighted by Gasteiger charge is 2.16. The zero-order valence-corrected chi connectivity index (χ0v) is 8.72. The monoisotopic (exact) mass is 193 g/mol. The lowest BCUT2D eigenvalue weighted by Gasteiger charge is -2.16. The predicted octanol–water partition coefficient (Wildman–Crippen LogP) is 2.38. The van der Waals surface area contributed by atoms with E-state index in [1.54, 1.807) is 0 Å². The van der Waals surface area contributed by atoms with Gasteiger partial charge in [-0.05, 0) is 12.1 Å². The van der Waals surface area contributed by atoms with Gasteiger partial charge in [-0.3, -0.25) is 0 Å². The van der Waals surface area contributed by atoms with Gasteiger partial charge < -0.3 is 0 Å². The highest BCUT2D eigenvalue weighted by Crippen LogP contribution is 2.22. The highest BCUT2D eigenvalue weighted by molar-refractivity contribution is 7.12. The molecule has 2 aromatic heterocycles. The van der Waals surface area contributed by atoms with Gasteiger partial charge in [0.25, 0.3) is 0 Å². The van der Waals surface area contributed by atoms with E-state index in [1.165, 1.54) is 11.5 Å². The lowest BCUT2D eigenvalue weighted by atomic mass is 9.92. The predicted molar refractivity (Wildman–Crippen MR) is 53.9 cm³/mol. The summed E-state index contributed by atoms with van der Waals surface area (Å²) >= 11 is 1.35. The zero-order chi connectivity index (χ0) is 9.47. The summed E-state index contributed by atoms with van der Waals surface area (Å²) in [6.45, 7) is 6.45. The van der Waals surface area contributed by atoms with Crippen LogP contribution in [0.15, 0.2) is 12.1 Å². The molecule has 2 aromatic rings. The van der Waals surface area contributed by atoms with Crippen LogP contribution in [0, 0.1) is 0 Å². The molecule has 0 atom stereocenters. The van der Waals surface area contributed by atoms with E-state index in [9.17, 15) is 0 Å². The van der Waals surface area contributed by atoms with E-state index in [0.29, 0.717) is 0 Å². The van der Waals surface area contributed by atoms with E-state index in [4.69, 9.17) is 0 Å². The summed E-state index contributed by atoms with van der Waals surface area (Å²) in [7, 11) is 0. The molecule has 0 spiro atoms. The summed E-state index contributed by atoms with van der Waals surface area (Å²) in [4.78, 5) is 5.42. The summed E-state index contributed by atoms with van der Waals surface area (Å²) in [6.07, 6.45) is 0. The maximum atomic E-state index is 4.50. The van der Waals surface area contributed by atoms with Crippen LogP contribution in [0.25, 0.3) is 10.3 Å². The van der Waals surface area contributed by atoms with Gasteiger partial charge in [-0.2, -0.15) is 0 Å². The lowest BCUT2D eigenvalue weighted by Crippen LogP contribution is -2.12. The van der Waals surface area contributed by atoms with Crippen molar-refractivity contribution in [3.05, 3.63) is 17.8 Å². The Morgan fingerprint density at radius 2 is 2.00 bits per heavy atom. The first-order chi connectivity index (χ1) is 6.07. The normalized spacial score (nSPS) is 12.2. The van der Waals surface area contributed by atoms with Gasteiger partial charge in [0.05, 0.1) is 0 Å². The highest BCUT2D eigenvalue weighted by atomic mass is 32.1. The number of rotatable bonds is 0. The lowest BCUT2D eigenvalue weighted by molar-refractivity contribution is 0.572. The van der Waals surface area contributed by atoms with Crippen LogP contribution in [-0.4, -0.2) is 14.6 Å². The molecular weight excluding hydrogens is 182 g/mol. The fraction of sp³-hybridized carbons (Fsp3) is 0.444. The first-order valence-electron chi connectivity index (χ1n) is 4.17. The quantitative estimate of drug-likeness (QED) is 0.644. The minimum Gasteiger partial charge on any atom is -0.238 e. The molecule has 0 saturated carbocycles. The van der Waals surface area contributed by atoms with Gasteiger partial charge in [-0.25, -0.2) is 4.98 Å². The Kier molecular flexibility index (Phi) is 1.80. The molecule has 0 amide bonds. The molecular formula is C9H11N3S. The first-order valence-corrected chi connectivity index (χ1v) is 4.94. The average molecular weight is 193 g/mol. The van der Waals surface area contributed by atoms with Crippen molar-refractivity contribution in [3.63, 3.8) is 0 Å². The topological polar surface area (TPSA) is 38.7 Å². The van der Waals surface area contributed by atoms with E-state index >= 15 is 0 Å².